The maximum Gasteiger partial charge on any atom is 0.162 e. The number of methoxy groups -OCH3 is 1. The summed E-state index contributed by atoms with van der Waals surface area (Å²) in [5, 5.41) is 10.6. The first-order chi connectivity index (χ1) is 7.51. The SMILES string of the molecule is CCc1cc(OC)c(O)c(CC(C)N)c1Cl. The maximum absolute atomic E-state index is 9.97. The molecular formula is C12H18ClNO2. The van der Waals surface area contributed by atoms with Crippen LogP contribution in [-0.2, 0) is 12.8 Å². The van der Waals surface area contributed by atoms with Gasteiger partial charge in [-0.2, -0.15) is 0 Å². The van der Waals surface area contributed by atoms with Gasteiger partial charge < -0.3 is 15.6 Å². The van der Waals surface area contributed by atoms with Gasteiger partial charge in [0, 0.05) is 11.6 Å². The molecule has 1 rings (SSSR count). The molecule has 3 N–H and O–H groups in total. The van der Waals surface area contributed by atoms with Gasteiger partial charge in [-0.25, -0.2) is 0 Å². The van der Waals surface area contributed by atoms with Crippen molar-refractivity contribution in [3.05, 3.63) is 22.2 Å². The lowest BCUT2D eigenvalue weighted by atomic mass is 10.0. The fourth-order valence-electron chi connectivity index (χ4n) is 1.66. The van der Waals surface area contributed by atoms with Crippen LogP contribution < -0.4 is 10.5 Å². The molecule has 0 fully saturated rings. The van der Waals surface area contributed by atoms with Crippen LogP contribution in [0, 0.1) is 0 Å². The number of ether oxygens (including phenoxy) is 1. The van der Waals surface area contributed by atoms with E-state index >= 15 is 0 Å². The quantitative estimate of drug-likeness (QED) is 0.854. The maximum atomic E-state index is 9.97. The third-order valence-electron chi connectivity index (χ3n) is 2.50. The first-order valence-electron chi connectivity index (χ1n) is 5.34. The first-order valence-corrected chi connectivity index (χ1v) is 5.71. The van der Waals surface area contributed by atoms with Crippen LogP contribution >= 0.6 is 11.6 Å². The van der Waals surface area contributed by atoms with Gasteiger partial charge in [0.15, 0.2) is 11.5 Å². The van der Waals surface area contributed by atoms with Crippen molar-refractivity contribution >= 4 is 11.6 Å². The van der Waals surface area contributed by atoms with E-state index in [4.69, 9.17) is 22.1 Å². The summed E-state index contributed by atoms with van der Waals surface area (Å²) in [6.07, 6.45) is 1.33. The molecule has 0 aromatic heterocycles. The van der Waals surface area contributed by atoms with E-state index in [1.165, 1.54) is 7.11 Å². The molecule has 3 nitrogen and oxygen atoms in total. The predicted octanol–water partition coefficient (Wildman–Crippen LogP) is 2.51. The van der Waals surface area contributed by atoms with Gasteiger partial charge in [0.05, 0.1) is 12.1 Å². The largest absolute Gasteiger partial charge is 0.504 e. The number of aryl methyl sites for hydroxylation is 1. The molecule has 0 radical (unpaired) electrons. The second kappa shape index (κ2) is 5.41. The van der Waals surface area contributed by atoms with Crippen molar-refractivity contribution in [2.75, 3.05) is 7.11 Å². The van der Waals surface area contributed by atoms with Crippen molar-refractivity contribution in [1.29, 1.82) is 0 Å². The zero-order valence-corrected chi connectivity index (χ0v) is 10.6. The molecule has 1 unspecified atom stereocenters. The molecule has 0 aliphatic rings. The number of nitrogens with two attached hydrogens (primary N) is 1. The summed E-state index contributed by atoms with van der Waals surface area (Å²) < 4.78 is 5.12. The van der Waals surface area contributed by atoms with Crippen LogP contribution in [0.3, 0.4) is 0 Å². The van der Waals surface area contributed by atoms with E-state index in [0.29, 0.717) is 22.8 Å². The molecule has 0 saturated carbocycles. The highest BCUT2D eigenvalue weighted by Crippen LogP contribution is 2.38. The summed E-state index contributed by atoms with van der Waals surface area (Å²) in [7, 11) is 1.53. The minimum atomic E-state index is -0.0554. The van der Waals surface area contributed by atoms with Crippen molar-refractivity contribution in [3.8, 4) is 11.5 Å². The molecule has 90 valence electrons. The fraction of sp³-hybridized carbons (Fsp3) is 0.500. The molecule has 0 saturated heterocycles. The van der Waals surface area contributed by atoms with Crippen molar-refractivity contribution < 1.29 is 9.84 Å². The second-order valence-electron chi connectivity index (χ2n) is 3.91. The number of hydrogen-bond acceptors (Lipinski definition) is 3. The Morgan fingerprint density at radius 2 is 2.19 bits per heavy atom. The van der Waals surface area contributed by atoms with E-state index in [-0.39, 0.29) is 11.8 Å². The average molecular weight is 244 g/mol. The molecule has 0 spiro atoms. The Kier molecular flexibility index (Phi) is 4.44. The summed E-state index contributed by atoms with van der Waals surface area (Å²) in [5.74, 6) is 0.555. The Balaban J connectivity index is 3.31. The monoisotopic (exact) mass is 243 g/mol. The Bertz CT molecular complexity index is 350. The zero-order valence-electron chi connectivity index (χ0n) is 9.88. The highest BCUT2D eigenvalue weighted by atomic mass is 35.5. The number of aromatic hydroxyl groups is 1. The molecule has 16 heavy (non-hydrogen) atoms. The van der Waals surface area contributed by atoms with Gasteiger partial charge in [0.1, 0.15) is 0 Å². The molecule has 0 aliphatic carbocycles. The minimum absolute atomic E-state index is 0.0554. The van der Waals surface area contributed by atoms with Crippen LogP contribution in [0.2, 0.25) is 5.02 Å². The van der Waals surface area contributed by atoms with E-state index in [1.54, 1.807) is 6.07 Å². The van der Waals surface area contributed by atoms with Gasteiger partial charge in [-0.05, 0) is 31.4 Å². The summed E-state index contributed by atoms with van der Waals surface area (Å²) in [4.78, 5) is 0. The molecular weight excluding hydrogens is 226 g/mol. The number of benzene rings is 1. The minimum Gasteiger partial charge on any atom is -0.504 e. The number of hydrogen-bond donors (Lipinski definition) is 2. The third kappa shape index (κ3) is 2.60. The summed E-state index contributed by atoms with van der Waals surface area (Å²) in [6.45, 7) is 3.88. The smallest absolute Gasteiger partial charge is 0.162 e. The van der Waals surface area contributed by atoms with E-state index in [0.717, 1.165) is 12.0 Å². The van der Waals surface area contributed by atoms with Gasteiger partial charge in [-0.15, -0.1) is 0 Å². The Morgan fingerprint density at radius 1 is 1.56 bits per heavy atom. The summed E-state index contributed by atoms with van der Waals surface area (Å²) in [5.41, 5.74) is 7.37. The lowest BCUT2D eigenvalue weighted by Gasteiger charge is -2.15. The van der Waals surface area contributed by atoms with Crippen LogP contribution in [0.15, 0.2) is 6.07 Å². The molecule has 0 aliphatic heterocycles. The van der Waals surface area contributed by atoms with Crippen LogP contribution in [0.4, 0.5) is 0 Å². The number of halogens is 1. The molecule has 0 bridgehead atoms. The standard InChI is InChI=1S/C12H18ClNO2/c1-4-8-6-10(16-3)12(15)9(11(8)13)5-7(2)14/h6-7,15H,4-5,14H2,1-3H3. The van der Waals surface area contributed by atoms with Crippen molar-refractivity contribution in [3.63, 3.8) is 0 Å². The molecule has 0 heterocycles. The second-order valence-corrected chi connectivity index (χ2v) is 4.29. The van der Waals surface area contributed by atoms with Gasteiger partial charge in [-0.3, -0.25) is 0 Å². The first kappa shape index (κ1) is 13.1. The highest BCUT2D eigenvalue weighted by Gasteiger charge is 2.17. The van der Waals surface area contributed by atoms with Gasteiger partial charge in [0.2, 0.25) is 0 Å². The van der Waals surface area contributed by atoms with Crippen LogP contribution in [0.25, 0.3) is 0 Å². The van der Waals surface area contributed by atoms with E-state index in [9.17, 15) is 5.11 Å². The molecule has 1 aromatic carbocycles. The highest BCUT2D eigenvalue weighted by molar-refractivity contribution is 6.32. The topological polar surface area (TPSA) is 55.5 Å². The average Bonchev–Trinajstić information content (AvgIpc) is 2.24. The van der Waals surface area contributed by atoms with Crippen molar-refractivity contribution in [2.24, 2.45) is 5.73 Å². The van der Waals surface area contributed by atoms with Gasteiger partial charge in [-0.1, -0.05) is 18.5 Å². The number of phenolic OH excluding ortho intramolecular Hbond substituents is 1. The normalized spacial score (nSPS) is 12.6. The Morgan fingerprint density at radius 3 is 2.62 bits per heavy atom. The van der Waals surface area contributed by atoms with Crippen molar-refractivity contribution in [1.82, 2.24) is 0 Å². The zero-order chi connectivity index (χ0) is 12.3. The molecule has 1 atom stereocenters. The van der Waals surface area contributed by atoms with Crippen LogP contribution in [0.5, 0.6) is 11.5 Å². The summed E-state index contributed by atoms with van der Waals surface area (Å²) >= 11 is 6.22. The predicted molar refractivity (Wildman–Crippen MR) is 66.4 cm³/mol. The van der Waals surface area contributed by atoms with Gasteiger partial charge in [0.25, 0.3) is 0 Å². The van der Waals surface area contributed by atoms with E-state index in [1.807, 2.05) is 13.8 Å². The number of rotatable bonds is 4. The molecule has 4 heteroatoms. The number of phenols is 1. The lowest BCUT2D eigenvalue weighted by molar-refractivity contribution is 0.369. The van der Waals surface area contributed by atoms with Crippen LogP contribution in [0.1, 0.15) is 25.0 Å². The molecule has 1 aromatic rings. The summed E-state index contributed by atoms with van der Waals surface area (Å²) in [6, 6.07) is 1.71. The third-order valence-corrected chi connectivity index (χ3v) is 2.97. The van der Waals surface area contributed by atoms with Gasteiger partial charge >= 0.3 is 0 Å². The molecule has 0 amide bonds. The van der Waals surface area contributed by atoms with E-state index in [2.05, 4.69) is 0 Å². The van der Waals surface area contributed by atoms with Crippen LogP contribution in [-0.4, -0.2) is 18.3 Å². The Hall–Kier alpha value is -0.930. The Labute approximate surface area is 101 Å². The van der Waals surface area contributed by atoms with Crippen molar-refractivity contribution in [2.45, 2.75) is 32.7 Å². The lowest BCUT2D eigenvalue weighted by Crippen LogP contribution is -2.18. The fourth-order valence-corrected chi connectivity index (χ4v) is 2.01. The van der Waals surface area contributed by atoms with E-state index < -0.39 is 0 Å².